The predicted octanol–water partition coefficient (Wildman–Crippen LogP) is 3.54. The highest BCUT2D eigenvalue weighted by Crippen LogP contribution is 2.38. The summed E-state index contributed by atoms with van der Waals surface area (Å²) in [7, 11) is 5.81. The van der Waals surface area contributed by atoms with Gasteiger partial charge in [-0.1, -0.05) is 18.2 Å². The normalized spacial score (nSPS) is 11.4. The van der Waals surface area contributed by atoms with Crippen LogP contribution < -0.4 is 14.2 Å². The summed E-state index contributed by atoms with van der Waals surface area (Å²) in [4.78, 5) is 12.2. The Morgan fingerprint density at radius 2 is 1.58 bits per heavy atom. The number of hydrogen-bond donors (Lipinski definition) is 0. The van der Waals surface area contributed by atoms with Gasteiger partial charge in [0, 0.05) is 16.2 Å². The fourth-order valence-corrected chi connectivity index (χ4v) is 3.42. The number of halogens is 1. The Bertz CT molecular complexity index is 925. The SMILES string of the molecule is COc1cc(/C=C/C(=O)c2ccccc2S(=O)(=O)Cl)cc(OC)c1OC. The van der Waals surface area contributed by atoms with Crippen LogP contribution in [0, 0.1) is 0 Å². The lowest BCUT2D eigenvalue weighted by Gasteiger charge is -2.12. The number of carbonyl (C=O) groups excluding carboxylic acids is 1. The third-order valence-corrected chi connectivity index (χ3v) is 4.91. The minimum absolute atomic E-state index is 0.00816. The molecule has 8 heteroatoms. The van der Waals surface area contributed by atoms with Crippen molar-refractivity contribution in [2.45, 2.75) is 4.90 Å². The van der Waals surface area contributed by atoms with Crippen molar-refractivity contribution in [3.63, 3.8) is 0 Å². The third-order valence-electron chi connectivity index (χ3n) is 3.53. The van der Waals surface area contributed by atoms with E-state index in [4.69, 9.17) is 24.9 Å². The molecule has 0 N–H and O–H groups in total. The van der Waals surface area contributed by atoms with Gasteiger partial charge in [-0.3, -0.25) is 4.79 Å². The Balaban J connectivity index is 2.41. The smallest absolute Gasteiger partial charge is 0.262 e. The van der Waals surface area contributed by atoms with E-state index in [0.717, 1.165) is 0 Å². The van der Waals surface area contributed by atoms with Gasteiger partial charge >= 0.3 is 0 Å². The molecule has 0 heterocycles. The van der Waals surface area contributed by atoms with Crippen LogP contribution in [0.4, 0.5) is 0 Å². The average molecular weight is 397 g/mol. The molecule has 0 spiro atoms. The number of carbonyl (C=O) groups is 1. The van der Waals surface area contributed by atoms with E-state index in [0.29, 0.717) is 22.8 Å². The van der Waals surface area contributed by atoms with Gasteiger partial charge in [0.1, 0.15) is 0 Å². The minimum Gasteiger partial charge on any atom is -0.493 e. The Labute approximate surface area is 156 Å². The van der Waals surface area contributed by atoms with Gasteiger partial charge in [-0.25, -0.2) is 8.42 Å². The zero-order chi connectivity index (χ0) is 19.3. The molecule has 6 nitrogen and oxygen atoms in total. The third kappa shape index (κ3) is 4.36. The molecule has 2 aromatic carbocycles. The molecule has 0 aromatic heterocycles. The van der Waals surface area contributed by atoms with Crippen molar-refractivity contribution in [2.75, 3.05) is 21.3 Å². The number of methoxy groups -OCH3 is 3. The van der Waals surface area contributed by atoms with E-state index < -0.39 is 14.8 Å². The van der Waals surface area contributed by atoms with Gasteiger partial charge in [0.2, 0.25) is 5.75 Å². The predicted molar refractivity (Wildman–Crippen MR) is 98.9 cm³/mol. The van der Waals surface area contributed by atoms with Gasteiger partial charge in [-0.05, 0) is 35.9 Å². The summed E-state index contributed by atoms with van der Waals surface area (Å²) in [5.41, 5.74) is 0.602. The molecular formula is C18H17ClO6S. The van der Waals surface area contributed by atoms with Gasteiger partial charge in [0.15, 0.2) is 17.3 Å². The fraction of sp³-hybridized carbons (Fsp3) is 0.167. The second-order valence-corrected chi connectivity index (χ2v) is 7.62. The van der Waals surface area contributed by atoms with Crippen molar-refractivity contribution in [2.24, 2.45) is 0 Å². The molecule has 26 heavy (non-hydrogen) atoms. The van der Waals surface area contributed by atoms with Crippen molar-refractivity contribution >= 4 is 31.6 Å². The summed E-state index contributed by atoms with van der Waals surface area (Å²) in [5.74, 6) is 0.793. The molecule has 138 valence electrons. The van der Waals surface area contributed by atoms with Crippen LogP contribution in [0.2, 0.25) is 0 Å². The summed E-state index contributed by atoms with van der Waals surface area (Å²) in [6, 6.07) is 9.06. The lowest BCUT2D eigenvalue weighted by atomic mass is 10.1. The van der Waals surface area contributed by atoms with Crippen LogP contribution in [0.1, 0.15) is 15.9 Å². The highest BCUT2D eigenvalue weighted by molar-refractivity contribution is 8.13. The monoisotopic (exact) mass is 396 g/mol. The number of hydrogen-bond acceptors (Lipinski definition) is 6. The van der Waals surface area contributed by atoms with Crippen LogP contribution in [-0.2, 0) is 9.05 Å². The molecule has 0 saturated heterocycles. The summed E-state index contributed by atoms with van der Waals surface area (Å²) < 4.78 is 39.0. The second kappa shape index (κ2) is 8.25. The van der Waals surface area contributed by atoms with Gasteiger partial charge in [-0.15, -0.1) is 0 Å². The van der Waals surface area contributed by atoms with E-state index in [1.807, 2.05) is 0 Å². The van der Waals surface area contributed by atoms with E-state index in [9.17, 15) is 13.2 Å². The summed E-state index contributed by atoms with van der Waals surface area (Å²) >= 11 is 0. The molecule has 0 atom stereocenters. The fourth-order valence-electron chi connectivity index (χ4n) is 2.34. The van der Waals surface area contributed by atoms with Gasteiger partial charge in [0.05, 0.1) is 26.2 Å². The molecule has 2 aromatic rings. The number of ether oxygens (including phenoxy) is 3. The van der Waals surface area contributed by atoms with Crippen LogP contribution in [-0.4, -0.2) is 35.5 Å². The number of allylic oxidation sites excluding steroid dienone is 1. The zero-order valence-electron chi connectivity index (χ0n) is 14.4. The van der Waals surface area contributed by atoms with Crippen LogP contribution in [0.3, 0.4) is 0 Å². The molecule has 2 rings (SSSR count). The molecule has 0 unspecified atom stereocenters. The summed E-state index contributed by atoms with van der Waals surface area (Å²) in [6.45, 7) is 0. The lowest BCUT2D eigenvalue weighted by molar-refractivity contribution is 0.104. The van der Waals surface area contributed by atoms with E-state index in [1.54, 1.807) is 18.2 Å². The molecule has 0 aliphatic heterocycles. The van der Waals surface area contributed by atoms with Crippen molar-refractivity contribution < 1.29 is 27.4 Å². The number of rotatable bonds is 7. The zero-order valence-corrected chi connectivity index (χ0v) is 15.9. The quantitative estimate of drug-likeness (QED) is 0.404. The molecule has 0 radical (unpaired) electrons. The van der Waals surface area contributed by atoms with Crippen molar-refractivity contribution in [1.82, 2.24) is 0 Å². The summed E-state index contributed by atoms with van der Waals surface area (Å²) in [5, 5.41) is 0. The number of ketones is 1. The highest BCUT2D eigenvalue weighted by atomic mass is 35.7. The van der Waals surface area contributed by atoms with E-state index in [-0.39, 0.29) is 10.5 Å². The van der Waals surface area contributed by atoms with Crippen LogP contribution in [0.5, 0.6) is 17.2 Å². The minimum atomic E-state index is -4.03. The lowest BCUT2D eigenvalue weighted by Crippen LogP contribution is -2.03. The molecule has 0 bridgehead atoms. The topological polar surface area (TPSA) is 78.9 Å². The first-order chi connectivity index (χ1) is 12.3. The van der Waals surface area contributed by atoms with Crippen molar-refractivity contribution in [1.29, 1.82) is 0 Å². The molecule has 0 amide bonds. The Hall–Kier alpha value is -2.51. The Morgan fingerprint density at radius 1 is 1.00 bits per heavy atom. The standard InChI is InChI=1S/C18H17ClO6S/c1-23-15-10-12(11-16(24-2)18(15)25-3)8-9-14(20)13-6-4-5-7-17(13)26(19,21)22/h4-11H,1-3H3/b9-8+. The molecular weight excluding hydrogens is 380 g/mol. The highest BCUT2D eigenvalue weighted by Gasteiger charge is 2.18. The maximum absolute atomic E-state index is 12.4. The Morgan fingerprint density at radius 3 is 2.08 bits per heavy atom. The van der Waals surface area contributed by atoms with Gasteiger partial charge in [0.25, 0.3) is 9.05 Å². The first-order valence-electron chi connectivity index (χ1n) is 7.38. The largest absolute Gasteiger partial charge is 0.493 e. The van der Waals surface area contributed by atoms with Crippen molar-refractivity contribution in [3.8, 4) is 17.2 Å². The first-order valence-corrected chi connectivity index (χ1v) is 9.69. The van der Waals surface area contributed by atoms with E-state index in [1.165, 1.54) is 51.7 Å². The molecule has 0 aliphatic carbocycles. The summed E-state index contributed by atoms with van der Waals surface area (Å²) in [6.07, 6.45) is 2.77. The maximum atomic E-state index is 12.4. The molecule has 0 fully saturated rings. The maximum Gasteiger partial charge on any atom is 0.262 e. The van der Waals surface area contributed by atoms with Crippen LogP contribution >= 0.6 is 10.7 Å². The molecule has 0 aliphatic rings. The van der Waals surface area contributed by atoms with Gasteiger partial charge in [-0.2, -0.15) is 0 Å². The first kappa shape index (κ1) is 19.8. The molecule has 0 saturated carbocycles. The van der Waals surface area contributed by atoms with E-state index in [2.05, 4.69) is 0 Å². The van der Waals surface area contributed by atoms with E-state index >= 15 is 0 Å². The van der Waals surface area contributed by atoms with Gasteiger partial charge < -0.3 is 14.2 Å². The average Bonchev–Trinajstić information content (AvgIpc) is 2.64. The van der Waals surface area contributed by atoms with Crippen molar-refractivity contribution in [3.05, 3.63) is 53.6 Å². The second-order valence-electron chi connectivity index (χ2n) is 5.09. The van der Waals surface area contributed by atoms with Crippen LogP contribution in [0.25, 0.3) is 6.08 Å². The van der Waals surface area contributed by atoms with Crippen LogP contribution in [0.15, 0.2) is 47.4 Å². The Kier molecular flexibility index (Phi) is 6.28. The number of benzene rings is 2.